The molecule has 6 nitrogen and oxygen atoms in total. The lowest BCUT2D eigenvalue weighted by Crippen LogP contribution is -2.40. The van der Waals surface area contributed by atoms with E-state index >= 15 is 0 Å². The minimum Gasteiger partial charge on any atom is -0.268 e. The van der Waals surface area contributed by atoms with Crippen LogP contribution in [0.4, 0.5) is 11.4 Å². The predicted molar refractivity (Wildman–Crippen MR) is 394 cm³/mol. The highest BCUT2D eigenvalue weighted by Gasteiger charge is 2.38. The van der Waals surface area contributed by atoms with Crippen molar-refractivity contribution in [2.24, 2.45) is 11.8 Å². The van der Waals surface area contributed by atoms with Crippen LogP contribution in [-0.2, 0) is 12.8 Å². The smallest absolute Gasteiger partial charge is 0.265 e. The number of hydrogen-bond donors (Lipinski definition) is 0. The van der Waals surface area contributed by atoms with Crippen LogP contribution < -0.4 is 9.80 Å². The highest BCUT2D eigenvalue weighted by atomic mass is 32.1. The summed E-state index contributed by atoms with van der Waals surface area (Å²) in [5.41, 5.74) is 5.18. The number of nitrogens with zero attached hydrogens (tertiary/aromatic N) is 2. The Morgan fingerprint density at radius 2 is 0.543 bits per heavy atom. The van der Waals surface area contributed by atoms with Crippen LogP contribution in [0.1, 0.15) is 284 Å². The Kier molecular flexibility index (Phi) is 24.1. The zero-order valence-electron chi connectivity index (χ0n) is 56.1. The third kappa shape index (κ3) is 15.5. The summed E-state index contributed by atoms with van der Waals surface area (Å²) in [6.45, 7) is 9.16. The first-order valence-corrected chi connectivity index (χ1v) is 38.2. The number of hydrogen-bond acceptors (Lipinski definition) is 6. The molecule has 484 valence electrons. The van der Waals surface area contributed by atoms with Gasteiger partial charge in [0, 0.05) is 52.5 Å². The minimum absolute atomic E-state index is 0.349. The summed E-state index contributed by atoms with van der Waals surface area (Å²) in [6, 6.07) is 40.4. The maximum Gasteiger partial charge on any atom is 0.265 e. The zero-order chi connectivity index (χ0) is 63.8. The lowest BCUT2D eigenvalue weighted by molar-refractivity contribution is 0.0877. The lowest BCUT2D eigenvalue weighted by atomic mass is 9.82. The van der Waals surface area contributed by atoms with Crippen LogP contribution in [0.2, 0.25) is 0 Å². The van der Waals surface area contributed by atoms with E-state index in [1.165, 1.54) is 235 Å². The van der Waals surface area contributed by atoms with Crippen molar-refractivity contribution in [2.75, 3.05) is 9.80 Å². The molecular formula is C84H102N2O4S2. The fourth-order valence-electron chi connectivity index (χ4n) is 15.4. The number of benzene rings is 7. The number of unbranched alkanes of at least 4 members (excludes halogenated alkanes) is 24. The molecule has 9 aromatic rings. The zero-order valence-corrected chi connectivity index (χ0v) is 57.7. The molecule has 4 heterocycles. The van der Waals surface area contributed by atoms with Gasteiger partial charge in [0.1, 0.15) is 0 Å². The number of rotatable bonds is 40. The average molecular weight is 1270 g/mol. The normalized spacial score (nSPS) is 14.0. The number of amides is 4. The van der Waals surface area contributed by atoms with Crippen molar-refractivity contribution in [3.8, 4) is 20.9 Å². The fourth-order valence-corrected chi connectivity index (χ4v) is 17.7. The Morgan fingerprint density at radius 1 is 0.283 bits per heavy atom. The summed E-state index contributed by atoms with van der Waals surface area (Å²) >= 11 is 3.76. The summed E-state index contributed by atoms with van der Waals surface area (Å²) in [5, 5.41) is 6.47. The van der Waals surface area contributed by atoms with Crippen molar-refractivity contribution in [3.63, 3.8) is 0 Å². The SMILES string of the molecule is CCCCCCCCCCC(CCCCCCCC)Cc1ccc(-c2ccc(N3C(=O)c4ccc5c6ccc7c8c(ccc(c9ccc(c4c59)C3=O)c86)C(=O)N(c3ccc(-c4ccc(CC(CCCCCCCC)CCCCCCCCCC)s4)cc3)C7=O)cc2)s1. The standard InChI is InChI=1S/C84H102N2O4S2/c1-5-9-13-17-21-23-27-31-35-59(33-29-25-19-15-11-7-3)57-65-45-55-75(91-65)61-37-41-63(42-38-61)85-81(87)71-51-47-67-69-49-53-73-80-74(54-50-70(78(69)80)68-48-52-72(82(85)88)79(71)77(67)68)84(90)86(83(73)89)64-43-39-62(40-44-64)76-56-46-66(92-76)58-60(34-30-26-20-16-12-8-4)36-32-28-24-22-18-14-10-6-2/h37-56,59-60H,5-36,57-58H2,1-4H3. The summed E-state index contributed by atoms with van der Waals surface area (Å²) in [4.78, 5) is 67.1. The Bertz CT molecular complexity index is 3530. The number of thiophene rings is 2. The first-order valence-electron chi connectivity index (χ1n) is 36.6. The highest BCUT2D eigenvalue weighted by Crippen LogP contribution is 2.48. The first-order chi connectivity index (χ1) is 45.2. The van der Waals surface area contributed by atoms with Crippen molar-refractivity contribution in [3.05, 3.63) is 153 Å². The van der Waals surface area contributed by atoms with Crippen molar-refractivity contribution in [1.29, 1.82) is 0 Å². The van der Waals surface area contributed by atoms with E-state index in [2.05, 4.69) is 76.2 Å². The molecule has 0 N–H and O–H groups in total. The van der Waals surface area contributed by atoms with E-state index in [0.29, 0.717) is 56.2 Å². The third-order valence-electron chi connectivity index (χ3n) is 20.6. The van der Waals surface area contributed by atoms with E-state index in [9.17, 15) is 19.2 Å². The Morgan fingerprint density at radius 3 is 0.815 bits per heavy atom. The van der Waals surface area contributed by atoms with E-state index < -0.39 is 0 Å². The van der Waals surface area contributed by atoms with E-state index in [1.54, 1.807) is 0 Å². The van der Waals surface area contributed by atoms with Crippen LogP contribution in [0.5, 0.6) is 0 Å². The maximum absolute atomic E-state index is 14.8. The molecule has 0 spiro atoms. The van der Waals surface area contributed by atoms with Crippen LogP contribution in [0.15, 0.2) is 121 Å². The van der Waals surface area contributed by atoms with E-state index in [4.69, 9.17) is 0 Å². The molecule has 8 heteroatoms. The summed E-state index contributed by atoms with van der Waals surface area (Å²) < 4.78 is 0. The molecule has 0 saturated carbocycles. The molecule has 0 bridgehead atoms. The van der Waals surface area contributed by atoms with Gasteiger partial charge in [0.2, 0.25) is 0 Å². The van der Waals surface area contributed by atoms with E-state index in [0.717, 1.165) is 56.3 Å². The highest BCUT2D eigenvalue weighted by molar-refractivity contribution is 7.15. The van der Waals surface area contributed by atoms with Gasteiger partial charge in [0.05, 0.1) is 11.4 Å². The molecule has 0 radical (unpaired) electrons. The Balaban J connectivity index is 0.768. The second-order valence-electron chi connectivity index (χ2n) is 27.4. The predicted octanol–water partition coefficient (Wildman–Crippen LogP) is 25.7. The maximum atomic E-state index is 14.8. The van der Waals surface area contributed by atoms with Crippen molar-refractivity contribution < 1.29 is 19.2 Å². The minimum atomic E-state index is -0.349. The Labute approximate surface area is 558 Å². The van der Waals surface area contributed by atoms with Crippen LogP contribution in [-0.4, -0.2) is 23.6 Å². The molecule has 2 unspecified atom stereocenters. The van der Waals surface area contributed by atoms with Gasteiger partial charge in [-0.3, -0.25) is 19.2 Å². The largest absolute Gasteiger partial charge is 0.268 e. The van der Waals surface area contributed by atoms with E-state index in [1.807, 2.05) is 95.5 Å². The average Bonchev–Trinajstić information content (AvgIpc) is 0.772. The van der Waals surface area contributed by atoms with Crippen LogP contribution in [0, 0.1) is 11.8 Å². The van der Waals surface area contributed by atoms with Gasteiger partial charge in [0.15, 0.2) is 0 Å². The first kappa shape index (κ1) is 67.0. The molecule has 2 aliphatic rings. The molecule has 7 aromatic carbocycles. The van der Waals surface area contributed by atoms with Crippen LogP contribution >= 0.6 is 22.7 Å². The van der Waals surface area contributed by atoms with Crippen LogP contribution in [0.25, 0.3) is 64.0 Å². The van der Waals surface area contributed by atoms with Gasteiger partial charge in [-0.2, -0.15) is 0 Å². The van der Waals surface area contributed by atoms with Gasteiger partial charge in [-0.05, 0) is 141 Å². The summed E-state index contributed by atoms with van der Waals surface area (Å²) in [5.74, 6) is 0.0285. The molecule has 2 aliphatic heterocycles. The van der Waals surface area contributed by atoms with Crippen molar-refractivity contribution in [1.82, 2.24) is 0 Å². The molecule has 2 atom stereocenters. The van der Waals surface area contributed by atoms with Gasteiger partial charge in [0.25, 0.3) is 23.6 Å². The van der Waals surface area contributed by atoms with Gasteiger partial charge in [-0.25, -0.2) is 9.80 Å². The molecule has 0 aliphatic carbocycles. The van der Waals surface area contributed by atoms with Gasteiger partial charge >= 0.3 is 0 Å². The number of anilines is 2. The molecule has 92 heavy (non-hydrogen) atoms. The second kappa shape index (κ2) is 33.1. The number of carbonyl (C=O) groups is 4. The number of carbonyl (C=O) groups excluding carboxylic acids is 4. The third-order valence-corrected chi connectivity index (χ3v) is 22.9. The molecular weight excluding hydrogens is 1170 g/mol. The lowest BCUT2D eigenvalue weighted by Gasteiger charge is -2.30. The Hall–Kier alpha value is -6.48. The molecule has 4 amide bonds. The van der Waals surface area contributed by atoms with Crippen molar-refractivity contribution >= 4 is 101 Å². The molecule has 0 fully saturated rings. The molecule has 0 saturated heterocycles. The number of fused-ring (bicyclic) bond motifs is 2. The van der Waals surface area contributed by atoms with Crippen molar-refractivity contribution in [2.45, 2.75) is 246 Å². The van der Waals surface area contributed by atoms with Crippen LogP contribution in [0.3, 0.4) is 0 Å². The van der Waals surface area contributed by atoms with E-state index in [-0.39, 0.29) is 23.6 Å². The van der Waals surface area contributed by atoms with Gasteiger partial charge in [-0.15, -0.1) is 22.7 Å². The second-order valence-corrected chi connectivity index (χ2v) is 29.8. The van der Waals surface area contributed by atoms with Gasteiger partial charge in [-0.1, -0.05) is 282 Å². The topological polar surface area (TPSA) is 74.8 Å². The monoisotopic (exact) mass is 1270 g/mol. The number of imide groups is 2. The molecule has 11 rings (SSSR count). The quantitative estimate of drug-likeness (QED) is 0.0166. The fraction of sp³-hybridized carbons (Fsp3) is 0.476. The molecule has 2 aromatic heterocycles. The summed E-state index contributed by atoms with van der Waals surface area (Å²) in [7, 11) is 0. The van der Waals surface area contributed by atoms with Gasteiger partial charge < -0.3 is 0 Å². The summed E-state index contributed by atoms with van der Waals surface area (Å²) in [6.07, 6.45) is 45.2.